The van der Waals surface area contributed by atoms with Gasteiger partial charge in [0.1, 0.15) is 5.56 Å². The number of nitrogens with one attached hydrogen (secondary N) is 1. The Kier molecular flexibility index (Phi) is 4.42. The van der Waals surface area contributed by atoms with Crippen molar-refractivity contribution in [1.82, 2.24) is 9.88 Å². The number of aromatic nitrogens is 1. The third-order valence-corrected chi connectivity index (χ3v) is 4.13. The third kappa shape index (κ3) is 3.20. The minimum absolute atomic E-state index is 0.0264. The number of rotatable bonds is 3. The molecule has 0 bridgehead atoms. The molecule has 3 rings (SSSR count). The predicted molar refractivity (Wildman–Crippen MR) is 91.3 cm³/mol. The predicted octanol–water partition coefficient (Wildman–Crippen LogP) is 2.25. The first-order valence-electron chi connectivity index (χ1n) is 7.83. The number of ketones is 1. The fraction of sp³-hybridized carbons (Fsp3) is 0.211. The number of benzene rings is 1. The van der Waals surface area contributed by atoms with Gasteiger partial charge in [-0.2, -0.15) is 0 Å². The zero-order valence-corrected chi connectivity index (χ0v) is 13.2. The summed E-state index contributed by atoms with van der Waals surface area (Å²) >= 11 is 0. The highest BCUT2D eigenvalue weighted by Crippen LogP contribution is 2.19. The summed E-state index contributed by atoms with van der Waals surface area (Å²) in [4.78, 5) is 37.0. The van der Waals surface area contributed by atoms with Crippen LogP contribution in [0.15, 0.2) is 65.6 Å². The topological polar surface area (TPSA) is 68.2 Å². The first-order valence-corrected chi connectivity index (χ1v) is 7.83. The Morgan fingerprint density at radius 3 is 2.58 bits per heavy atom. The largest absolute Gasteiger partial charge is 0.342 e. The van der Waals surface area contributed by atoms with Crippen molar-refractivity contribution in [2.75, 3.05) is 0 Å². The van der Waals surface area contributed by atoms with E-state index in [0.29, 0.717) is 18.5 Å². The van der Waals surface area contributed by atoms with Crippen LogP contribution in [-0.2, 0) is 4.79 Å². The molecular weight excluding hydrogens is 304 g/mol. The van der Waals surface area contributed by atoms with Crippen LogP contribution in [0.4, 0.5) is 0 Å². The van der Waals surface area contributed by atoms with Crippen molar-refractivity contribution >= 4 is 11.7 Å². The number of allylic oxidation sites excluding steroid dienone is 1. The van der Waals surface area contributed by atoms with Crippen LogP contribution in [-0.4, -0.2) is 22.3 Å². The molecule has 1 fully saturated rings. The summed E-state index contributed by atoms with van der Waals surface area (Å²) in [5.41, 5.74) is 1.19. The van der Waals surface area contributed by atoms with Crippen molar-refractivity contribution in [2.24, 2.45) is 0 Å². The Morgan fingerprint density at radius 1 is 1.12 bits per heavy atom. The van der Waals surface area contributed by atoms with E-state index >= 15 is 0 Å². The number of para-hydroxylation sites is 1. The number of nitrogens with zero attached hydrogens (tertiary/aromatic N) is 1. The molecule has 1 amide bonds. The van der Waals surface area contributed by atoms with E-state index in [9.17, 15) is 14.4 Å². The van der Waals surface area contributed by atoms with E-state index in [2.05, 4.69) is 11.9 Å². The lowest BCUT2D eigenvalue weighted by molar-refractivity contribution is -0.121. The smallest absolute Gasteiger partial charge is 0.267 e. The molecule has 5 nitrogen and oxygen atoms in total. The Hall–Kier alpha value is -2.95. The third-order valence-electron chi connectivity index (χ3n) is 4.13. The molecule has 1 atom stereocenters. The van der Waals surface area contributed by atoms with Crippen molar-refractivity contribution in [3.05, 3.63) is 76.7 Å². The standard InChI is InChI=1S/C19H18N2O3/c1-13-9-10-16(17(22)12-13)20-18(23)15-8-5-11-21(19(15)24)14-6-3-2-4-7-14/h2-8,11,16H,1,9-10,12H2,(H,20,23). The lowest BCUT2D eigenvalue weighted by Crippen LogP contribution is -2.44. The second-order valence-electron chi connectivity index (χ2n) is 5.89. The van der Waals surface area contributed by atoms with Gasteiger partial charge in [-0.25, -0.2) is 0 Å². The van der Waals surface area contributed by atoms with Gasteiger partial charge in [0.15, 0.2) is 5.78 Å². The SMILES string of the molecule is C=C1CCC(NC(=O)c2cccn(-c3ccccc3)c2=O)C(=O)C1. The molecule has 1 N–H and O–H groups in total. The van der Waals surface area contributed by atoms with Crippen molar-refractivity contribution in [1.29, 1.82) is 0 Å². The number of carbonyl (C=O) groups is 2. The minimum Gasteiger partial charge on any atom is -0.342 e. The van der Waals surface area contributed by atoms with Gasteiger partial charge in [-0.15, -0.1) is 0 Å². The van der Waals surface area contributed by atoms with Crippen LogP contribution in [0.3, 0.4) is 0 Å². The Balaban J connectivity index is 1.85. The maximum absolute atomic E-state index is 12.6. The van der Waals surface area contributed by atoms with Gasteiger partial charge < -0.3 is 5.32 Å². The minimum atomic E-state index is -0.548. The van der Waals surface area contributed by atoms with Gasteiger partial charge in [0.25, 0.3) is 11.5 Å². The molecule has 1 aliphatic carbocycles. The number of pyridine rings is 1. The second-order valence-corrected chi connectivity index (χ2v) is 5.89. The van der Waals surface area contributed by atoms with Crippen molar-refractivity contribution in [2.45, 2.75) is 25.3 Å². The maximum Gasteiger partial charge on any atom is 0.267 e. The highest BCUT2D eigenvalue weighted by atomic mass is 16.2. The van der Waals surface area contributed by atoms with E-state index in [1.165, 1.54) is 10.6 Å². The molecule has 122 valence electrons. The molecule has 1 saturated carbocycles. The van der Waals surface area contributed by atoms with E-state index in [-0.39, 0.29) is 17.8 Å². The number of Topliss-reactive ketones (excluding diaryl/α,β-unsaturated/α-hetero) is 1. The van der Waals surface area contributed by atoms with Crippen LogP contribution in [0.25, 0.3) is 5.69 Å². The number of hydrogen-bond acceptors (Lipinski definition) is 3. The van der Waals surface area contributed by atoms with Crippen LogP contribution >= 0.6 is 0 Å². The average Bonchev–Trinajstić information content (AvgIpc) is 2.58. The molecule has 1 aromatic heterocycles. The molecule has 1 aliphatic rings. The van der Waals surface area contributed by atoms with Crippen LogP contribution in [0, 0.1) is 0 Å². The quantitative estimate of drug-likeness (QED) is 0.881. The maximum atomic E-state index is 12.6. The zero-order valence-electron chi connectivity index (χ0n) is 13.2. The molecule has 24 heavy (non-hydrogen) atoms. The monoisotopic (exact) mass is 322 g/mol. The van der Waals surface area contributed by atoms with Crippen molar-refractivity contribution < 1.29 is 9.59 Å². The fourth-order valence-electron chi connectivity index (χ4n) is 2.81. The van der Waals surface area contributed by atoms with Crippen LogP contribution in [0.2, 0.25) is 0 Å². The molecule has 0 aliphatic heterocycles. The number of amides is 1. The van der Waals surface area contributed by atoms with Crippen LogP contribution in [0.1, 0.15) is 29.6 Å². The summed E-state index contributed by atoms with van der Waals surface area (Å²) in [7, 11) is 0. The Morgan fingerprint density at radius 2 is 1.88 bits per heavy atom. The van der Waals surface area contributed by atoms with Gasteiger partial charge in [0.05, 0.1) is 6.04 Å². The summed E-state index contributed by atoms with van der Waals surface area (Å²) in [6.45, 7) is 3.81. The summed E-state index contributed by atoms with van der Waals surface area (Å²) < 4.78 is 1.42. The van der Waals surface area contributed by atoms with Gasteiger partial charge in [0.2, 0.25) is 0 Å². The van der Waals surface area contributed by atoms with Crippen molar-refractivity contribution in [3.63, 3.8) is 0 Å². The summed E-state index contributed by atoms with van der Waals surface area (Å²) in [5, 5.41) is 2.68. The van der Waals surface area contributed by atoms with E-state index < -0.39 is 17.5 Å². The van der Waals surface area contributed by atoms with Crippen molar-refractivity contribution in [3.8, 4) is 5.69 Å². The van der Waals surface area contributed by atoms with Gasteiger partial charge in [0, 0.05) is 18.3 Å². The lowest BCUT2D eigenvalue weighted by atomic mass is 9.90. The molecule has 0 spiro atoms. The van der Waals surface area contributed by atoms with Gasteiger partial charge >= 0.3 is 0 Å². The Labute approximate surface area is 139 Å². The van der Waals surface area contributed by atoms with E-state index in [1.807, 2.05) is 18.2 Å². The zero-order chi connectivity index (χ0) is 17.1. The number of carbonyl (C=O) groups excluding carboxylic acids is 2. The van der Waals surface area contributed by atoms with E-state index in [0.717, 1.165) is 5.57 Å². The van der Waals surface area contributed by atoms with Crippen LogP contribution < -0.4 is 10.9 Å². The molecule has 0 saturated heterocycles. The van der Waals surface area contributed by atoms with Crippen LogP contribution in [0.5, 0.6) is 0 Å². The molecule has 5 heteroatoms. The van der Waals surface area contributed by atoms with E-state index in [4.69, 9.17) is 0 Å². The van der Waals surface area contributed by atoms with Gasteiger partial charge in [-0.05, 0) is 37.1 Å². The highest BCUT2D eigenvalue weighted by molar-refractivity contribution is 5.98. The number of hydrogen-bond donors (Lipinski definition) is 1. The molecule has 2 aromatic rings. The first kappa shape index (κ1) is 15.9. The van der Waals surface area contributed by atoms with E-state index in [1.54, 1.807) is 24.4 Å². The highest BCUT2D eigenvalue weighted by Gasteiger charge is 2.26. The Bertz CT molecular complexity index is 852. The summed E-state index contributed by atoms with van der Waals surface area (Å²) in [6.07, 6.45) is 3.14. The molecular formula is C19H18N2O3. The summed E-state index contributed by atoms with van der Waals surface area (Å²) in [6, 6.07) is 11.7. The van der Waals surface area contributed by atoms with Gasteiger partial charge in [-0.1, -0.05) is 30.4 Å². The molecule has 1 aromatic carbocycles. The first-order chi connectivity index (χ1) is 11.6. The fourth-order valence-corrected chi connectivity index (χ4v) is 2.81. The average molecular weight is 322 g/mol. The summed E-state index contributed by atoms with van der Waals surface area (Å²) in [5.74, 6) is -0.574. The molecule has 0 radical (unpaired) electrons. The normalized spacial score (nSPS) is 17.6. The second kappa shape index (κ2) is 6.66. The lowest BCUT2D eigenvalue weighted by Gasteiger charge is -2.23. The molecule has 1 unspecified atom stereocenters. The van der Waals surface area contributed by atoms with Gasteiger partial charge in [-0.3, -0.25) is 19.0 Å². The molecule has 1 heterocycles.